The molecule has 2 N–H and O–H groups in total. The summed E-state index contributed by atoms with van der Waals surface area (Å²) in [6, 6.07) is 5.92. The van der Waals surface area contributed by atoms with Crippen LogP contribution in [-0.4, -0.2) is 29.9 Å². The van der Waals surface area contributed by atoms with Crippen LogP contribution in [0.3, 0.4) is 0 Å². The average molecular weight is 264 g/mol. The molecule has 0 aromatic carbocycles. The third-order valence-corrected chi connectivity index (χ3v) is 4.31. The van der Waals surface area contributed by atoms with E-state index in [0.717, 1.165) is 16.8 Å². The second kappa shape index (κ2) is 3.88. The molecule has 1 aliphatic heterocycles. The van der Waals surface area contributed by atoms with Gasteiger partial charge in [-0.1, -0.05) is 0 Å². The molecular formula is C14H13BN4O. The SMILES string of the molecule is CNc1cc2c(bn1)CC1(C2)C(=O)Nc2ncccc21. The predicted molar refractivity (Wildman–Crippen MR) is 77.1 cm³/mol. The molecule has 98 valence electrons. The van der Waals surface area contributed by atoms with E-state index in [1.807, 2.05) is 32.3 Å². The van der Waals surface area contributed by atoms with E-state index in [9.17, 15) is 4.79 Å². The molecule has 1 spiro atoms. The zero-order valence-electron chi connectivity index (χ0n) is 11.1. The third kappa shape index (κ3) is 1.39. The van der Waals surface area contributed by atoms with Crippen molar-refractivity contribution in [3.8, 4) is 0 Å². The Hall–Kier alpha value is -2.24. The molecule has 4 rings (SSSR count). The summed E-state index contributed by atoms with van der Waals surface area (Å²) >= 11 is 0. The van der Waals surface area contributed by atoms with Gasteiger partial charge in [0.25, 0.3) is 0 Å². The van der Waals surface area contributed by atoms with Gasteiger partial charge < -0.3 is 0 Å². The number of carbonyl (C=O) groups is 1. The van der Waals surface area contributed by atoms with Gasteiger partial charge in [-0.3, -0.25) is 0 Å². The third-order valence-electron chi connectivity index (χ3n) is 4.31. The van der Waals surface area contributed by atoms with Crippen LogP contribution in [0.25, 0.3) is 0 Å². The van der Waals surface area contributed by atoms with E-state index in [1.165, 1.54) is 5.56 Å². The van der Waals surface area contributed by atoms with Crippen molar-refractivity contribution < 1.29 is 4.79 Å². The first-order chi connectivity index (χ1) is 9.73. The van der Waals surface area contributed by atoms with Gasteiger partial charge in [0.1, 0.15) is 0 Å². The molecule has 1 unspecified atom stereocenters. The molecule has 2 aromatic heterocycles. The number of amides is 1. The van der Waals surface area contributed by atoms with Crippen LogP contribution in [0.2, 0.25) is 0 Å². The number of nitrogens with zero attached hydrogens (tertiary/aromatic N) is 2. The van der Waals surface area contributed by atoms with Crippen LogP contribution in [0, 0.1) is 0 Å². The van der Waals surface area contributed by atoms with Gasteiger partial charge in [-0.2, -0.15) is 0 Å². The number of anilines is 2. The molecule has 20 heavy (non-hydrogen) atoms. The Labute approximate surface area is 117 Å². The first kappa shape index (κ1) is 11.6. The van der Waals surface area contributed by atoms with Crippen molar-refractivity contribution in [1.82, 2.24) is 9.88 Å². The molecule has 1 atom stereocenters. The Kier molecular flexibility index (Phi) is 2.25. The molecule has 0 radical (unpaired) electrons. The molecule has 3 heterocycles. The van der Waals surface area contributed by atoms with Crippen molar-refractivity contribution in [2.45, 2.75) is 18.3 Å². The van der Waals surface area contributed by atoms with Gasteiger partial charge in [0, 0.05) is 0 Å². The van der Waals surface area contributed by atoms with Crippen molar-refractivity contribution in [3.63, 3.8) is 0 Å². The van der Waals surface area contributed by atoms with Gasteiger partial charge in [-0.05, 0) is 0 Å². The summed E-state index contributed by atoms with van der Waals surface area (Å²) in [7, 11) is 3.72. The fourth-order valence-electron chi connectivity index (χ4n) is 3.29. The van der Waals surface area contributed by atoms with Crippen molar-refractivity contribution >= 4 is 24.6 Å². The molecule has 6 heteroatoms. The Morgan fingerprint density at radius 2 is 2.35 bits per heavy atom. The average Bonchev–Trinajstić information content (AvgIpc) is 2.98. The van der Waals surface area contributed by atoms with Gasteiger partial charge in [0.05, 0.1) is 0 Å². The number of aromatic nitrogens is 2. The Bertz CT molecular complexity index is 733. The normalized spacial score (nSPS) is 22.4. The number of nitrogens with one attached hydrogen (secondary N) is 2. The number of fused-ring (bicyclic) bond motifs is 3. The van der Waals surface area contributed by atoms with E-state index in [1.54, 1.807) is 6.20 Å². The van der Waals surface area contributed by atoms with E-state index < -0.39 is 5.41 Å². The topological polar surface area (TPSA) is 66.9 Å². The van der Waals surface area contributed by atoms with Gasteiger partial charge in [-0.25, -0.2) is 0 Å². The summed E-state index contributed by atoms with van der Waals surface area (Å²) in [6.07, 6.45) is 3.12. The quantitative estimate of drug-likeness (QED) is 0.801. The molecule has 0 saturated carbocycles. The standard InChI is InChI=1S/C14H13BN4O/c1-16-11-5-8-6-14(7-10(8)15-19-11)9-3-2-4-17-12(9)18-13(14)20/h2-5H,6-7H2,1H3,(H,16,19)(H,17,18,20). The number of pyridine rings is 1. The minimum atomic E-state index is -0.500. The van der Waals surface area contributed by atoms with E-state index in [0.29, 0.717) is 18.7 Å². The Morgan fingerprint density at radius 3 is 3.20 bits per heavy atom. The molecular weight excluding hydrogens is 251 g/mol. The second-order valence-electron chi connectivity index (χ2n) is 5.38. The van der Waals surface area contributed by atoms with Gasteiger partial charge in [0.15, 0.2) is 0 Å². The summed E-state index contributed by atoms with van der Waals surface area (Å²) in [5, 5.41) is 5.95. The van der Waals surface area contributed by atoms with Gasteiger partial charge in [-0.15, -0.1) is 0 Å². The molecule has 1 aliphatic carbocycles. The summed E-state index contributed by atoms with van der Waals surface area (Å²) in [5.74, 6) is 1.59. The monoisotopic (exact) mass is 264 g/mol. The summed E-state index contributed by atoms with van der Waals surface area (Å²) in [5.41, 5.74) is 2.85. The van der Waals surface area contributed by atoms with Gasteiger partial charge >= 0.3 is 116 Å². The van der Waals surface area contributed by atoms with Crippen LogP contribution in [0.1, 0.15) is 16.6 Å². The van der Waals surface area contributed by atoms with Crippen molar-refractivity contribution in [2.75, 3.05) is 17.7 Å². The van der Waals surface area contributed by atoms with E-state index in [2.05, 4.69) is 20.5 Å². The molecule has 5 nitrogen and oxygen atoms in total. The first-order valence-corrected chi connectivity index (χ1v) is 6.65. The fourth-order valence-corrected chi connectivity index (χ4v) is 3.29. The van der Waals surface area contributed by atoms with Crippen molar-refractivity contribution in [2.24, 2.45) is 0 Å². The number of hydrogen-bond donors (Lipinski definition) is 2. The first-order valence-electron chi connectivity index (χ1n) is 6.65. The number of carbonyl (C=O) groups excluding carboxylic acids is 1. The zero-order valence-corrected chi connectivity index (χ0v) is 11.1. The number of rotatable bonds is 1. The molecule has 0 bridgehead atoms. The molecule has 2 aliphatic rings. The molecule has 0 saturated heterocycles. The van der Waals surface area contributed by atoms with Crippen LogP contribution < -0.4 is 10.6 Å². The Morgan fingerprint density at radius 1 is 1.45 bits per heavy atom. The van der Waals surface area contributed by atoms with Crippen molar-refractivity contribution in [3.05, 3.63) is 41.0 Å². The maximum atomic E-state index is 12.5. The minimum absolute atomic E-state index is 0.0495. The van der Waals surface area contributed by atoms with E-state index in [4.69, 9.17) is 0 Å². The predicted octanol–water partition coefficient (Wildman–Crippen LogP) is 0.845. The van der Waals surface area contributed by atoms with Crippen LogP contribution in [-0.2, 0) is 23.1 Å². The Balaban J connectivity index is 1.83. The number of hydrogen-bond acceptors (Lipinski definition) is 4. The van der Waals surface area contributed by atoms with Crippen molar-refractivity contribution in [1.29, 1.82) is 0 Å². The zero-order chi connectivity index (χ0) is 13.7. The van der Waals surface area contributed by atoms with Crippen LogP contribution in [0.4, 0.5) is 11.6 Å². The molecule has 2 aromatic rings. The van der Waals surface area contributed by atoms with Crippen LogP contribution >= 0.6 is 0 Å². The fraction of sp³-hybridized carbons (Fsp3) is 0.286. The van der Waals surface area contributed by atoms with Gasteiger partial charge in [0.2, 0.25) is 0 Å². The molecule has 0 fully saturated rings. The van der Waals surface area contributed by atoms with Crippen LogP contribution in [0.5, 0.6) is 0 Å². The van der Waals surface area contributed by atoms with E-state index in [-0.39, 0.29) is 5.91 Å². The summed E-state index contributed by atoms with van der Waals surface area (Å²) in [4.78, 5) is 21.1. The molecule has 1 amide bonds. The second-order valence-corrected chi connectivity index (χ2v) is 5.38. The summed E-state index contributed by atoms with van der Waals surface area (Å²) < 4.78 is 0. The van der Waals surface area contributed by atoms with E-state index >= 15 is 0 Å². The van der Waals surface area contributed by atoms with Crippen LogP contribution in [0.15, 0.2) is 24.4 Å². The maximum absolute atomic E-state index is 12.5. The summed E-state index contributed by atoms with van der Waals surface area (Å²) in [6.45, 7) is 0.